The molecule has 0 atom stereocenters. The predicted octanol–water partition coefficient (Wildman–Crippen LogP) is 4.22. The molecule has 7 nitrogen and oxygen atoms in total. The Hall–Kier alpha value is -3.45. The Morgan fingerprint density at radius 3 is 3.00 bits per heavy atom. The van der Waals surface area contributed by atoms with Crippen molar-refractivity contribution in [3.8, 4) is 22.8 Å². The molecule has 3 heterocycles. The van der Waals surface area contributed by atoms with Gasteiger partial charge in [-0.2, -0.15) is 0 Å². The number of carbonyl (C=O) groups is 1. The normalized spacial score (nSPS) is 12.8. The van der Waals surface area contributed by atoms with Crippen molar-refractivity contribution < 1.29 is 18.8 Å². The van der Waals surface area contributed by atoms with E-state index >= 15 is 0 Å². The zero-order chi connectivity index (χ0) is 20.5. The molecule has 0 fully saturated rings. The van der Waals surface area contributed by atoms with Crippen molar-refractivity contribution in [3.63, 3.8) is 0 Å². The fourth-order valence-electron chi connectivity index (χ4n) is 3.54. The highest BCUT2D eigenvalue weighted by atomic mass is 35.5. The van der Waals surface area contributed by atoms with Crippen LogP contribution in [0.3, 0.4) is 0 Å². The maximum absolute atomic E-state index is 12.5. The lowest BCUT2D eigenvalue weighted by molar-refractivity contribution is 0.0945. The van der Waals surface area contributed by atoms with Crippen LogP contribution in [0, 0.1) is 0 Å². The van der Waals surface area contributed by atoms with Gasteiger partial charge in [0.05, 0.1) is 5.56 Å². The Morgan fingerprint density at radius 2 is 2.07 bits per heavy atom. The number of para-hydroxylation sites is 1. The maximum atomic E-state index is 12.5. The van der Waals surface area contributed by atoms with Crippen molar-refractivity contribution >= 4 is 28.4 Å². The summed E-state index contributed by atoms with van der Waals surface area (Å²) < 4.78 is 16.7. The third-order valence-corrected chi connectivity index (χ3v) is 5.22. The van der Waals surface area contributed by atoms with Gasteiger partial charge >= 0.3 is 0 Å². The molecule has 4 aromatic rings. The van der Waals surface area contributed by atoms with Crippen molar-refractivity contribution in [1.29, 1.82) is 0 Å². The summed E-state index contributed by atoms with van der Waals surface area (Å²) in [6, 6.07) is 12.8. The smallest absolute Gasteiger partial charge is 0.273 e. The molecule has 2 N–H and O–H groups in total. The largest absolute Gasteiger partial charge is 0.486 e. The fraction of sp³-hybridized carbons (Fsp3) is 0.182. The lowest BCUT2D eigenvalue weighted by Gasteiger charge is -2.19. The third kappa shape index (κ3) is 3.48. The Kier molecular flexibility index (Phi) is 4.80. The molecule has 5 rings (SSSR count). The van der Waals surface area contributed by atoms with E-state index in [0.717, 1.165) is 16.5 Å². The van der Waals surface area contributed by atoms with Crippen molar-refractivity contribution in [2.45, 2.75) is 6.42 Å². The minimum absolute atomic E-state index is 0.210. The SMILES string of the molecule is O=C(NCCc1c[nH]c2ccc(Cl)cc12)c1cc(-c2cccc3c2OCCO3)on1. The van der Waals surface area contributed by atoms with E-state index in [-0.39, 0.29) is 11.6 Å². The van der Waals surface area contributed by atoms with E-state index < -0.39 is 0 Å². The maximum Gasteiger partial charge on any atom is 0.273 e. The molecule has 30 heavy (non-hydrogen) atoms. The molecule has 0 radical (unpaired) electrons. The predicted molar refractivity (Wildman–Crippen MR) is 112 cm³/mol. The number of halogens is 1. The van der Waals surface area contributed by atoms with E-state index in [4.69, 9.17) is 25.6 Å². The number of carbonyl (C=O) groups excluding carboxylic acids is 1. The van der Waals surface area contributed by atoms with Crippen LogP contribution in [-0.2, 0) is 6.42 Å². The van der Waals surface area contributed by atoms with Crippen molar-refractivity contribution in [2.24, 2.45) is 0 Å². The first-order valence-corrected chi connectivity index (χ1v) is 9.96. The molecule has 1 aliphatic rings. The minimum atomic E-state index is -0.301. The molecule has 0 aliphatic carbocycles. The summed E-state index contributed by atoms with van der Waals surface area (Å²) in [5, 5.41) is 8.52. The van der Waals surface area contributed by atoms with Crippen LogP contribution in [0.15, 0.2) is 53.2 Å². The second kappa shape index (κ2) is 7.76. The van der Waals surface area contributed by atoms with Gasteiger partial charge < -0.3 is 24.3 Å². The number of fused-ring (bicyclic) bond motifs is 2. The summed E-state index contributed by atoms with van der Waals surface area (Å²) in [5.74, 6) is 1.41. The molecule has 2 aromatic carbocycles. The van der Waals surface area contributed by atoms with Crippen LogP contribution in [0.1, 0.15) is 16.1 Å². The minimum Gasteiger partial charge on any atom is -0.486 e. The molecule has 2 aromatic heterocycles. The van der Waals surface area contributed by atoms with E-state index in [1.165, 1.54) is 0 Å². The molecular weight excluding hydrogens is 406 g/mol. The Morgan fingerprint density at radius 1 is 1.17 bits per heavy atom. The van der Waals surface area contributed by atoms with Crippen LogP contribution < -0.4 is 14.8 Å². The average Bonchev–Trinajstić information content (AvgIpc) is 3.41. The van der Waals surface area contributed by atoms with E-state index in [0.29, 0.717) is 54.0 Å². The van der Waals surface area contributed by atoms with Crippen molar-refractivity contribution in [2.75, 3.05) is 19.8 Å². The van der Waals surface area contributed by atoms with Gasteiger partial charge in [-0.3, -0.25) is 4.79 Å². The van der Waals surface area contributed by atoms with E-state index in [1.54, 1.807) is 6.07 Å². The highest BCUT2D eigenvalue weighted by Gasteiger charge is 2.21. The zero-order valence-corrected chi connectivity index (χ0v) is 16.7. The van der Waals surface area contributed by atoms with Gasteiger partial charge in [0.1, 0.15) is 13.2 Å². The number of nitrogens with one attached hydrogen (secondary N) is 2. The highest BCUT2D eigenvalue weighted by Crippen LogP contribution is 2.39. The molecule has 0 saturated carbocycles. The Bertz CT molecular complexity index is 1230. The molecule has 152 valence electrons. The van der Waals surface area contributed by atoms with Gasteiger partial charge in [0.2, 0.25) is 0 Å². The topological polar surface area (TPSA) is 89.4 Å². The zero-order valence-electron chi connectivity index (χ0n) is 15.9. The van der Waals surface area contributed by atoms with Gasteiger partial charge in [-0.15, -0.1) is 0 Å². The fourth-order valence-corrected chi connectivity index (χ4v) is 3.71. The monoisotopic (exact) mass is 423 g/mol. The van der Waals surface area contributed by atoms with Gasteiger partial charge in [0.25, 0.3) is 5.91 Å². The number of benzene rings is 2. The lowest BCUT2D eigenvalue weighted by Crippen LogP contribution is -2.25. The summed E-state index contributed by atoms with van der Waals surface area (Å²) >= 11 is 6.09. The number of amides is 1. The van der Waals surface area contributed by atoms with Crippen molar-refractivity contribution in [1.82, 2.24) is 15.5 Å². The standard InChI is InChI=1S/C22H18ClN3O4/c23-14-4-5-17-16(10-14)13(12-25-17)6-7-24-22(27)18-11-20(30-26-18)15-2-1-3-19-21(15)29-9-8-28-19/h1-5,10-12,25H,6-9H2,(H,24,27). The molecule has 0 saturated heterocycles. The molecule has 0 spiro atoms. The van der Waals surface area contributed by atoms with E-state index in [9.17, 15) is 4.79 Å². The van der Waals surface area contributed by atoms with Crippen LogP contribution in [0.2, 0.25) is 5.02 Å². The summed E-state index contributed by atoms with van der Waals surface area (Å²) in [5.41, 5.74) is 3.01. The average molecular weight is 424 g/mol. The van der Waals surface area contributed by atoms with Gasteiger partial charge in [0, 0.05) is 34.7 Å². The summed E-state index contributed by atoms with van der Waals surface area (Å²) in [6.07, 6.45) is 2.59. The second-order valence-corrected chi connectivity index (χ2v) is 7.35. The molecule has 0 bridgehead atoms. The first-order chi connectivity index (χ1) is 14.7. The van der Waals surface area contributed by atoms with E-state index in [1.807, 2.05) is 42.6 Å². The Labute approximate surface area is 176 Å². The number of ether oxygens (including phenoxy) is 2. The van der Waals surface area contributed by atoms with Gasteiger partial charge in [-0.05, 0) is 42.3 Å². The molecule has 0 unspecified atom stereocenters. The second-order valence-electron chi connectivity index (χ2n) is 6.92. The summed E-state index contributed by atoms with van der Waals surface area (Å²) in [7, 11) is 0. The molecule has 1 amide bonds. The number of aromatic nitrogens is 2. The first-order valence-electron chi connectivity index (χ1n) is 9.58. The van der Waals surface area contributed by atoms with Gasteiger partial charge in [-0.1, -0.05) is 22.8 Å². The molecular formula is C22H18ClN3O4. The number of nitrogens with zero attached hydrogens (tertiary/aromatic N) is 1. The number of hydrogen-bond acceptors (Lipinski definition) is 5. The first kappa shape index (κ1) is 18.6. The van der Waals surface area contributed by atoms with Crippen LogP contribution in [0.5, 0.6) is 11.5 Å². The summed E-state index contributed by atoms with van der Waals surface area (Å²) in [4.78, 5) is 15.7. The van der Waals surface area contributed by atoms with Crippen LogP contribution in [0.25, 0.3) is 22.2 Å². The van der Waals surface area contributed by atoms with Crippen LogP contribution in [-0.4, -0.2) is 35.8 Å². The highest BCUT2D eigenvalue weighted by molar-refractivity contribution is 6.31. The van der Waals surface area contributed by atoms with Crippen LogP contribution in [0.4, 0.5) is 0 Å². The molecule has 8 heteroatoms. The number of rotatable bonds is 5. The van der Waals surface area contributed by atoms with E-state index in [2.05, 4.69) is 15.5 Å². The van der Waals surface area contributed by atoms with Gasteiger partial charge in [-0.25, -0.2) is 0 Å². The number of H-pyrrole nitrogens is 1. The van der Waals surface area contributed by atoms with Crippen LogP contribution >= 0.6 is 11.6 Å². The van der Waals surface area contributed by atoms with Crippen molar-refractivity contribution in [3.05, 3.63) is 64.9 Å². The Balaban J connectivity index is 1.27. The lowest BCUT2D eigenvalue weighted by atomic mass is 10.1. The quantitative estimate of drug-likeness (QED) is 0.501. The molecule has 1 aliphatic heterocycles. The number of hydrogen-bond donors (Lipinski definition) is 2. The summed E-state index contributed by atoms with van der Waals surface area (Å²) in [6.45, 7) is 1.42. The van der Waals surface area contributed by atoms with Gasteiger partial charge in [0.15, 0.2) is 23.0 Å². The number of aromatic amines is 1. The third-order valence-electron chi connectivity index (χ3n) is 4.98.